The Hall–Kier alpha value is -3.76. The summed E-state index contributed by atoms with van der Waals surface area (Å²) in [5.74, 6) is -0.611. The second-order valence-electron chi connectivity index (χ2n) is 7.24. The van der Waals surface area contributed by atoms with Gasteiger partial charge in [-0.1, -0.05) is 29.4 Å². The highest BCUT2D eigenvalue weighted by Gasteiger charge is 2.36. The molecule has 1 aliphatic rings. The van der Waals surface area contributed by atoms with Crippen LogP contribution in [0.15, 0.2) is 47.1 Å². The second kappa shape index (κ2) is 7.18. The first kappa shape index (κ1) is 19.2. The summed E-state index contributed by atoms with van der Waals surface area (Å²) in [5, 5.41) is 10.1. The molecule has 1 amide bonds. The number of nitrogens with one attached hydrogen (secondary N) is 1. The number of halogens is 3. The molecular formula is C20H15F3N6O2. The van der Waals surface area contributed by atoms with Crippen molar-refractivity contribution in [2.24, 2.45) is 0 Å². The van der Waals surface area contributed by atoms with E-state index in [1.165, 1.54) is 6.20 Å². The van der Waals surface area contributed by atoms with Gasteiger partial charge in [-0.15, -0.1) is 5.10 Å². The highest BCUT2D eigenvalue weighted by molar-refractivity contribution is 5.92. The highest BCUT2D eigenvalue weighted by Crippen LogP contribution is 2.40. The molecule has 0 radical (unpaired) electrons. The quantitative estimate of drug-likeness (QED) is 0.522. The Balaban J connectivity index is 1.30. The van der Waals surface area contributed by atoms with Crippen LogP contribution in [0.4, 0.5) is 13.2 Å². The van der Waals surface area contributed by atoms with Gasteiger partial charge in [0.25, 0.3) is 17.5 Å². The van der Waals surface area contributed by atoms with E-state index in [1.807, 2.05) is 0 Å². The lowest BCUT2D eigenvalue weighted by Crippen LogP contribution is -2.23. The third-order valence-electron chi connectivity index (χ3n) is 4.94. The van der Waals surface area contributed by atoms with E-state index in [2.05, 4.69) is 25.5 Å². The molecule has 8 nitrogen and oxygen atoms in total. The van der Waals surface area contributed by atoms with Crippen molar-refractivity contribution in [1.82, 2.24) is 30.1 Å². The van der Waals surface area contributed by atoms with E-state index in [4.69, 9.17) is 4.52 Å². The molecule has 1 aliphatic carbocycles. The first-order chi connectivity index (χ1) is 14.9. The predicted molar refractivity (Wildman–Crippen MR) is 101 cm³/mol. The Morgan fingerprint density at radius 3 is 2.68 bits per heavy atom. The minimum atomic E-state index is -4.66. The van der Waals surface area contributed by atoms with Crippen LogP contribution in [0.2, 0.25) is 0 Å². The van der Waals surface area contributed by atoms with Crippen molar-refractivity contribution in [3.8, 4) is 11.3 Å². The van der Waals surface area contributed by atoms with E-state index in [9.17, 15) is 18.0 Å². The van der Waals surface area contributed by atoms with Gasteiger partial charge < -0.3 is 9.84 Å². The number of aromatic nitrogens is 5. The molecule has 158 valence electrons. The normalized spacial score (nSPS) is 14.2. The maximum atomic E-state index is 12.9. The van der Waals surface area contributed by atoms with Crippen LogP contribution in [-0.2, 0) is 12.7 Å². The van der Waals surface area contributed by atoms with E-state index in [0.29, 0.717) is 17.2 Å². The Morgan fingerprint density at radius 2 is 1.97 bits per heavy atom. The zero-order chi connectivity index (χ0) is 21.6. The summed E-state index contributed by atoms with van der Waals surface area (Å²) in [5.41, 5.74) is 2.10. The first-order valence-corrected chi connectivity index (χ1v) is 9.51. The molecule has 1 N–H and O–H groups in total. The Labute approximate surface area is 173 Å². The van der Waals surface area contributed by atoms with Crippen LogP contribution < -0.4 is 5.32 Å². The standard InChI is InChI=1S/C20H15F3N6O2/c21-20(22,23)18-26-19-24-8-7-15(29(19)27-18)12-3-1-11(2-4-12)10-25-17(30)14-9-16(31-28-14)13-5-6-13/h1-4,7-9,13H,5-6,10H2,(H,25,30). The number of benzene rings is 1. The van der Waals surface area contributed by atoms with Crippen LogP contribution in [0, 0.1) is 0 Å². The van der Waals surface area contributed by atoms with Gasteiger partial charge in [-0.25, -0.2) is 4.98 Å². The predicted octanol–water partition coefficient (Wildman–Crippen LogP) is 3.61. The molecule has 3 heterocycles. The molecule has 4 aromatic rings. The fraction of sp³-hybridized carbons (Fsp3) is 0.250. The van der Waals surface area contributed by atoms with Crippen LogP contribution in [0.1, 0.15) is 46.4 Å². The number of nitrogens with zero attached hydrogens (tertiary/aromatic N) is 5. The fourth-order valence-corrected chi connectivity index (χ4v) is 3.16. The molecular weight excluding hydrogens is 413 g/mol. The number of carbonyl (C=O) groups excluding carboxylic acids is 1. The molecule has 0 saturated heterocycles. The molecule has 0 bridgehead atoms. The van der Waals surface area contributed by atoms with Gasteiger partial charge in [0.2, 0.25) is 0 Å². The summed E-state index contributed by atoms with van der Waals surface area (Å²) in [6.07, 6.45) is -1.17. The minimum absolute atomic E-state index is 0.139. The highest BCUT2D eigenvalue weighted by atomic mass is 19.4. The van der Waals surface area contributed by atoms with Gasteiger partial charge in [0.05, 0.1) is 5.69 Å². The van der Waals surface area contributed by atoms with E-state index in [-0.39, 0.29) is 23.9 Å². The lowest BCUT2D eigenvalue weighted by molar-refractivity contribution is -0.144. The van der Waals surface area contributed by atoms with Crippen molar-refractivity contribution < 1.29 is 22.5 Å². The monoisotopic (exact) mass is 428 g/mol. The molecule has 1 fully saturated rings. The molecule has 1 saturated carbocycles. The van der Waals surface area contributed by atoms with Crippen LogP contribution in [0.25, 0.3) is 17.0 Å². The number of fused-ring (bicyclic) bond motifs is 1. The fourth-order valence-electron chi connectivity index (χ4n) is 3.16. The molecule has 3 aromatic heterocycles. The number of amides is 1. The van der Waals surface area contributed by atoms with Gasteiger partial charge in [0.1, 0.15) is 5.76 Å². The second-order valence-corrected chi connectivity index (χ2v) is 7.24. The molecule has 0 aliphatic heterocycles. The summed E-state index contributed by atoms with van der Waals surface area (Å²) < 4.78 is 45.0. The van der Waals surface area contributed by atoms with E-state index in [1.54, 1.807) is 36.4 Å². The first-order valence-electron chi connectivity index (χ1n) is 9.51. The van der Waals surface area contributed by atoms with Gasteiger partial charge in [-0.3, -0.25) is 4.79 Å². The Bertz CT molecular complexity index is 1260. The van der Waals surface area contributed by atoms with Crippen LogP contribution in [0.5, 0.6) is 0 Å². The number of carbonyl (C=O) groups is 1. The summed E-state index contributed by atoms with van der Waals surface area (Å²) in [4.78, 5) is 19.5. The van der Waals surface area contributed by atoms with Crippen molar-refractivity contribution in [3.05, 3.63) is 65.4 Å². The third-order valence-corrected chi connectivity index (χ3v) is 4.94. The topological polar surface area (TPSA) is 98.2 Å². The van der Waals surface area contributed by atoms with Crippen molar-refractivity contribution in [1.29, 1.82) is 0 Å². The van der Waals surface area contributed by atoms with Gasteiger partial charge in [0.15, 0.2) is 5.69 Å². The lowest BCUT2D eigenvalue weighted by Gasteiger charge is -2.07. The smallest absolute Gasteiger partial charge is 0.360 e. The molecule has 0 unspecified atom stereocenters. The maximum absolute atomic E-state index is 12.9. The summed E-state index contributed by atoms with van der Waals surface area (Å²) in [6, 6.07) is 10.2. The zero-order valence-corrected chi connectivity index (χ0v) is 15.9. The molecule has 31 heavy (non-hydrogen) atoms. The lowest BCUT2D eigenvalue weighted by atomic mass is 10.1. The average molecular weight is 428 g/mol. The van der Waals surface area contributed by atoms with Crippen LogP contribution in [-0.4, -0.2) is 30.6 Å². The molecule has 11 heteroatoms. The summed E-state index contributed by atoms with van der Waals surface area (Å²) in [7, 11) is 0. The van der Waals surface area contributed by atoms with Gasteiger partial charge in [-0.2, -0.15) is 22.7 Å². The van der Waals surface area contributed by atoms with E-state index < -0.39 is 12.0 Å². The van der Waals surface area contributed by atoms with Gasteiger partial charge in [0, 0.05) is 30.3 Å². The van der Waals surface area contributed by atoms with Gasteiger partial charge >= 0.3 is 6.18 Å². The summed E-state index contributed by atoms with van der Waals surface area (Å²) >= 11 is 0. The average Bonchev–Trinajstić information content (AvgIpc) is 3.30. The number of rotatable bonds is 5. The molecule has 0 spiro atoms. The largest absolute Gasteiger partial charge is 0.453 e. The molecule has 0 atom stereocenters. The SMILES string of the molecule is O=C(NCc1ccc(-c2ccnc3nc(C(F)(F)F)nn23)cc1)c1cc(C2CC2)on1. The van der Waals surface area contributed by atoms with Crippen LogP contribution >= 0.6 is 0 Å². The number of hydrogen-bond donors (Lipinski definition) is 1. The molecule has 5 rings (SSSR count). The Morgan fingerprint density at radius 1 is 1.19 bits per heavy atom. The third kappa shape index (κ3) is 3.86. The van der Waals surface area contributed by atoms with Crippen LogP contribution in [0.3, 0.4) is 0 Å². The van der Waals surface area contributed by atoms with Crippen molar-refractivity contribution in [2.45, 2.75) is 31.5 Å². The maximum Gasteiger partial charge on any atom is 0.453 e. The summed E-state index contributed by atoms with van der Waals surface area (Å²) in [6.45, 7) is 0.262. The van der Waals surface area contributed by atoms with E-state index >= 15 is 0 Å². The molecule has 1 aromatic carbocycles. The zero-order valence-electron chi connectivity index (χ0n) is 15.9. The van der Waals surface area contributed by atoms with Crippen molar-refractivity contribution >= 4 is 11.7 Å². The number of alkyl halides is 3. The van der Waals surface area contributed by atoms with Gasteiger partial charge in [-0.05, 0) is 24.5 Å². The van der Waals surface area contributed by atoms with Crippen molar-refractivity contribution in [3.63, 3.8) is 0 Å². The van der Waals surface area contributed by atoms with E-state index in [0.717, 1.165) is 28.7 Å². The Kier molecular flexibility index (Phi) is 4.45. The number of hydrogen-bond acceptors (Lipinski definition) is 6. The van der Waals surface area contributed by atoms with Crippen molar-refractivity contribution in [2.75, 3.05) is 0 Å². The minimum Gasteiger partial charge on any atom is -0.360 e.